The minimum absolute atomic E-state index is 0. The number of rotatable bonds is 3. The summed E-state index contributed by atoms with van der Waals surface area (Å²) in [4.78, 5) is 10.4. The number of ether oxygens (including phenoxy) is 1. The van der Waals surface area contributed by atoms with Crippen molar-refractivity contribution in [2.45, 2.75) is 19.9 Å². The number of hydrogen-bond donors (Lipinski definition) is 1. The average molecular weight is 168 g/mol. The molecular formula is C6H14ClNO2. The third-order valence-electron chi connectivity index (χ3n) is 0.882. The van der Waals surface area contributed by atoms with Gasteiger partial charge in [0.15, 0.2) is 0 Å². The van der Waals surface area contributed by atoms with Crippen LogP contribution in [0.3, 0.4) is 0 Å². The summed E-state index contributed by atoms with van der Waals surface area (Å²) >= 11 is 0. The monoisotopic (exact) mass is 167 g/mol. The van der Waals surface area contributed by atoms with E-state index >= 15 is 0 Å². The van der Waals surface area contributed by atoms with E-state index in [1.54, 1.807) is 0 Å². The molecule has 1 N–H and O–H groups in total. The molecule has 3 nitrogen and oxygen atoms in total. The number of halogens is 1. The van der Waals surface area contributed by atoms with E-state index in [0.717, 1.165) is 0 Å². The van der Waals surface area contributed by atoms with Crippen LogP contribution < -0.4 is 5.32 Å². The highest BCUT2D eigenvalue weighted by Gasteiger charge is 1.98. The summed E-state index contributed by atoms with van der Waals surface area (Å²) in [6.07, 6.45) is 0. The fourth-order valence-corrected chi connectivity index (χ4v) is 0.360. The zero-order valence-electron chi connectivity index (χ0n) is 6.51. The molecule has 0 saturated carbocycles. The smallest absolute Gasteiger partial charge is 0.319 e. The lowest BCUT2D eigenvalue weighted by Crippen LogP contribution is -2.29. The van der Waals surface area contributed by atoms with Gasteiger partial charge in [0.2, 0.25) is 0 Å². The summed E-state index contributed by atoms with van der Waals surface area (Å²) in [6.45, 7) is 4.25. The van der Waals surface area contributed by atoms with Crippen molar-refractivity contribution in [3.8, 4) is 0 Å². The Bertz CT molecular complexity index is 95.7. The minimum atomic E-state index is -0.219. The van der Waals surface area contributed by atoms with Gasteiger partial charge in [-0.1, -0.05) is 13.8 Å². The van der Waals surface area contributed by atoms with Crippen molar-refractivity contribution in [2.24, 2.45) is 0 Å². The van der Waals surface area contributed by atoms with Crippen LogP contribution in [0.4, 0.5) is 0 Å². The molecule has 0 aliphatic heterocycles. The summed E-state index contributed by atoms with van der Waals surface area (Å²) in [5.41, 5.74) is 0. The fourth-order valence-electron chi connectivity index (χ4n) is 0.360. The Morgan fingerprint density at radius 1 is 1.60 bits per heavy atom. The second-order valence-corrected chi connectivity index (χ2v) is 2.11. The van der Waals surface area contributed by atoms with Crippen molar-refractivity contribution in [2.75, 3.05) is 13.7 Å². The highest BCUT2D eigenvalue weighted by molar-refractivity contribution is 5.85. The van der Waals surface area contributed by atoms with Gasteiger partial charge in [0.05, 0.1) is 13.7 Å². The maximum atomic E-state index is 10.4. The third-order valence-corrected chi connectivity index (χ3v) is 0.882. The number of carbonyl (C=O) groups excluding carboxylic acids is 1. The predicted molar refractivity (Wildman–Crippen MR) is 42.4 cm³/mol. The van der Waals surface area contributed by atoms with Crippen molar-refractivity contribution < 1.29 is 9.53 Å². The fraction of sp³-hybridized carbons (Fsp3) is 0.833. The van der Waals surface area contributed by atoms with Crippen molar-refractivity contribution in [1.82, 2.24) is 5.32 Å². The topological polar surface area (TPSA) is 38.3 Å². The Hall–Kier alpha value is -0.280. The van der Waals surface area contributed by atoms with Gasteiger partial charge >= 0.3 is 5.97 Å². The molecule has 0 atom stereocenters. The first-order valence-electron chi connectivity index (χ1n) is 2.97. The maximum absolute atomic E-state index is 10.4. The van der Waals surface area contributed by atoms with E-state index in [4.69, 9.17) is 0 Å². The number of nitrogens with one attached hydrogen (secondary N) is 1. The van der Waals surface area contributed by atoms with Crippen molar-refractivity contribution in [3.63, 3.8) is 0 Å². The van der Waals surface area contributed by atoms with Gasteiger partial charge in [0, 0.05) is 6.04 Å². The lowest BCUT2D eigenvalue weighted by atomic mass is 10.4. The third kappa shape index (κ3) is 7.72. The summed E-state index contributed by atoms with van der Waals surface area (Å²) in [6, 6.07) is 0.337. The Morgan fingerprint density at radius 3 is 2.40 bits per heavy atom. The first-order valence-corrected chi connectivity index (χ1v) is 2.97. The summed E-state index contributed by atoms with van der Waals surface area (Å²) < 4.78 is 4.40. The van der Waals surface area contributed by atoms with Gasteiger partial charge < -0.3 is 10.1 Å². The molecule has 0 aromatic rings. The van der Waals surface area contributed by atoms with Crippen LogP contribution >= 0.6 is 12.4 Å². The highest BCUT2D eigenvalue weighted by atomic mass is 35.5. The lowest BCUT2D eigenvalue weighted by molar-refractivity contribution is -0.139. The Morgan fingerprint density at radius 2 is 2.10 bits per heavy atom. The van der Waals surface area contributed by atoms with Crippen LogP contribution in [0, 0.1) is 0 Å². The number of hydrogen-bond acceptors (Lipinski definition) is 3. The lowest BCUT2D eigenvalue weighted by Gasteiger charge is -2.04. The van der Waals surface area contributed by atoms with Gasteiger partial charge in [-0.2, -0.15) is 0 Å². The molecule has 10 heavy (non-hydrogen) atoms. The molecule has 0 saturated heterocycles. The molecule has 0 aliphatic rings. The molecule has 0 bridgehead atoms. The molecule has 0 aromatic carbocycles. The minimum Gasteiger partial charge on any atom is -0.468 e. The number of methoxy groups -OCH3 is 1. The average Bonchev–Trinajstić information content (AvgIpc) is 1.83. The van der Waals surface area contributed by atoms with Gasteiger partial charge in [0.25, 0.3) is 0 Å². The van der Waals surface area contributed by atoms with E-state index in [9.17, 15) is 4.79 Å². The second-order valence-electron chi connectivity index (χ2n) is 2.11. The van der Waals surface area contributed by atoms with E-state index in [-0.39, 0.29) is 18.4 Å². The van der Waals surface area contributed by atoms with Gasteiger partial charge in [-0.15, -0.1) is 12.4 Å². The normalized spacial score (nSPS) is 8.80. The van der Waals surface area contributed by atoms with Gasteiger partial charge in [0.1, 0.15) is 0 Å². The number of esters is 1. The second kappa shape index (κ2) is 6.83. The van der Waals surface area contributed by atoms with E-state index in [1.807, 2.05) is 13.8 Å². The maximum Gasteiger partial charge on any atom is 0.319 e. The van der Waals surface area contributed by atoms with Crippen molar-refractivity contribution in [3.05, 3.63) is 0 Å². The summed E-state index contributed by atoms with van der Waals surface area (Å²) in [5.74, 6) is -0.219. The Labute approximate surface area is 67.5 Å². The zero-order chi connectivity index (χ0) is 7.28. The van der Waals surface area contributed by atoms with Crippen LogP contribution in [0.2, 0.25) is 0 Å². The van der Waals surface area contributed by atoms with Gasteiger partial charge in [-0.05, 0) is 0 Å². The molecule has 0 unspecified atom stereocenters. The molecule has 0 heterocycles. The highest BCUT2D eigenvalue weighted by Crippen LogP contribution is 1.75. The first-order chi connectivity index (χ1) is 4.16. The Kier molecular flexibility index (Phi) is 8.48. The van der Waals surface area contributed by atoms with Gasteiger partial charge in [-0.25, -0.2) is 0 Å². The molecule has 0 rings (SSSR count). The van der Waals surface area contributed by atoms with E-state index < -0.39 is 0 Å². The molecular weight excluding hydrogens is 154 g/mol. The molecule has 0 aliphatic carbocycles. The molecule has 0 aromatic heterocycles. The van der Waals surface area contributed by atoms with E-state index in [1.165, 1.54) is 7.11 Å². The van der Waals surface area contributed by atoms with Crippen LogP contribution in [0.15, 0.2) is 0 Å². The molecule has 0 spiro atoms. The van der Waals surface area contributed by atoms with Crippen LogP contribution in [0.25, 0.3) is 0 Å². The SMILES string of the molecule is COC(=O)CNC(C)C.Cl. The zero-order valence-corrected chi connectivity index (χ0v) is 7.33. The molecule has 0 fully saturated rings. The standard InChI is InChI=1S/C6H13NO2.ClH/c1-5(2)7-4-6(8)9-3;/h5,7H,4H2,1-3H3;1H. The summed E-state index contributed by atoms with van der Waals surface area (Å²) in [5, 5.41) is 2.92. The van der Waals surface area contributed by atoms with Gasteiger partial charge in [-0.3, -0.25) is 4.79 Å². The summed E-state index contributed by atoms with van der Waals surface area (Å²) in [7, 11) is 1.38. The first kappa shape index (κ1) is 12.4. The van der Waals surface area contributed by atoms with Crippen LogP contribution in [-0.2, 0) is 9.53 Å². The number of carbonyl (C=O) groups is 1. The van der Waals surface area contributed by atoms with Crippen molar-refractivity contribution >= 4 is 18.4 Å². The van der Waals surface area contributed by atoms with Crippen LogP contribution in [0.5, 0.6) is 0 Å². The predicted octanol–water partition coefficient (Wildman–Crippen LogP) is 0.579. The molecule has 4 heteroatoms. The Balaban J connectivity index is 0. The van der Waals surface area contributed by atoms with Crippen LogP contribution in [0.1, 0.15) is 13.8 Å². The molecule has 0 radical (unpaired) electrons. The van der Waals surface area contributed by atoms with E-state index in [0.29, 0.717) is 12.6 Å². The van der Waals surface area contributed by atoms with E-state index in [2.05, 4.69) is 10.1 Å². The largest absolute Gasteiger partial charge is 0.468 e. The van der Waals surface area contributed by atoms with Crippen LogP contribution in [-0.4, -0.2) is 25.7 Å². The molecule has 0 amide bonds. The molecule has 62 valence electrons. The van der Waals surface area contributed by atoms with Crippen molar-refractivity contribution in [1.29, 1.82) is 0 Å². The quantitative estimate of drug-likeness (QED) is 0.625.